The summed E-state index contributed by atoms with van der Waals surface area (Å²) >= 11 is 0. The van der Waals surface area contributed by atoms with Crippen molar-refractivity contribution >= 4 is 37.2 Å². The van der Waals surface area contributed by atoms with Gasteiger partial charge in [-0.3, -0.25) is 24.5 Å². The fourth-order valence-corrected chi connectivity index (χ4v) is 4.32. The number of amides is 4. The molecular weight excluding hydrogens is 445 g/mol. The zero-order valence-electron chi connectivity index (χ0n) is 18.7. The van der Waals surface area contributed by atoms with Crippen molar-refractivity contribution in [1.82, 2.24) is 15.5 Å². The lowest BCUT2D eigenvalue weighted by Crippen LogP contribution is -2.63. The van der Waals surface area contributed by atoms with E-state index in [0.29, 0.717) is 16.7 Å². The summed E-state index contributed by atoms with van der Waals surface area (Å²) in [6.07, 6.45) is 0.341. The summed E-state index contributed by atoms with van der Waals surface area (Å²) in [5, 5.41) is 7.21. The van der Waals surface area contributed by atoms with Gasteiger partial charge in [0, 0.05) is 37.8 Å². The minimum atomic E-state index is -3.75. The monoisotopic (exact) mass is 468 g/mol. The van der Waals surface area contributed by atoms with Crippen molar-refractivity contribution in [3.8, 4) is 0 Å². The lowest BCUT2D eigenvalue weighted by molar-refractivity contribution is -0.147. The molecule has 2 aromatic rings. The highest BCUT2D eigenvalue weighted by molar-refractivity contribution is 6.32. The van der Waals surface area contributed by atoms with Crippen LogP contribution in [0, 0.1) is 0 Å². The Hall–Kier alpha value is -3.76. The number of imide groups is 1. The van der Waals surface area contributed by atoms with E-state index in [0.717, 1.165) is 0 Å². The zero-order chi connectivity index (χ0) is 24.7. The van der Waals surface area contributed by atoms with Crippen LogP contribution in [0.25, 0.3) is 0 Å². The Balaban J connectivity index is 1.47. The first-order valence-electron chi connectivity index (χ1n) is 10.8. The van der Waals surface area contributed by atoms with Crippen LogP contribution in [0.1, 0.15) is 39.9 Å². The average Bonchev–Trinajstić information content (AvgIpc) is 3.16. The van der Waals surface area contributed by atoms with Crippen molar-refractivity contribution in [2.75, 3.05) is 12.4 Å². The molecule has 11 heteroatoms. The highest BCUT2D eigenvalue weighted by Gasteiger charge is 2.48. The fraction of sp³-hybridized carbons (Fsp3) is 0.304. The molecule has 34 heavy (non-hydrogen) atoms. The van der Waals surface area contributed by atoms with Crippen molar-refractivity contribution in [3.05, 3.63) is 64.7 Å². The van der Waals surface area contributed by atoms with Crippen LogP contribution in [0.4, 0.5) is 14.5 Å². The van der Waals surface area contributed by atoms with Gasteiger partial charge in [-0.25, -0.2) is 0 Å². The van der Waals surface area contributed by atoms with E-state index in [2.05, 4.69) is 16.0 Å². The Morgan fingerprint density at radius 1 is 1.21 bits per heavy atom. The van der Waals surface area contributed by atoms with Crippen molar-refractivity contribution in [1.29, 1.82) is 0 Å². The van der Waals surface area contributed by atoms with Gasteiger partial charge in [-0.1, -0.05) is 30.3 Å². The number of hydrogen-bond donors (Lipinski definition) is 3. The number of halogens is 2. The molecule has 1 unspecified atom stereocenters. The molecule has 4 amide bonds. The van der Waals surface area contributed by atoms with Gasteiger partial charge in [0.25, 0.3) is 11.8 Å². The third-order valence-electron chi connectivity index (χ3n) is 6.42. The van der Waals surface area contributed by atoms with Gasteiger partial charge in [0.05, 0.1) is 11.0 Å². The topological polar surface area (TPSA) is 108 Å². The van der Waals surface area contributed by atoms with Crippen LogP contribution >= 0.6 is 0 Å². The van der Waals surface area contributed by atoms with Gasteiger partial charge in [-0.05, 0) is 29.7 Å². The normalized spacial score (nSPS) is 20.1. The second-order valence-corrected chi connectivity index (χ2v) is 8.59. The molecule has 3 N–H and O–H groups in total. The summed E-state index contributed by atoms with van der Waals surface area (Å²) in [4.78, 5) is 50.7. The molecule has 176 valence electrons. The second kappa shape index (κ2) is 8.55. The molecule has 0 radical (unpaired) electrons. The summed E-state index contributed by atoms with van der Waals surface area (Å²) in [5.74, 6) is -6.43. The van der Waals surface area contributed by atoms with Crippen molar-refractivity contribution in [3.63, 3.8) is 0 Å². The lowest BCUT2D eigenvalue weighted by Gasteiger charge is -2.39. The van der Waals surface area contributed by atoms with E-state index in [1.54, 1.807) is 32.1 Å². The van der Waals surface area contributed by atoms with Gasteiger partial charge < -0.3 is 15.5 Å². The van der Waals surface area contributed by atoms with Gasteiger partial charge >= 0.3 is 5.92 Å². The molecule has 0 aliphatic carbocycles. The predicted octanol–water partition coefficient (Wildman–Crippen LogP) is 0.858. The van der Waals surface area contributed by atoms with E-state index in [4.69, 9.17) is 0 Å². The van der Waals surface area contributed by atoms with Crippen molar-refractivity contribution < 1.29 is 28.0 Å². The summed E-state index contributed by atoms with van der Waals surface area (Å²) in [6, 6.07) is 10.5. The fourth-order valence-electron chi connectivity index (χ4n) is 4.32. The number of alkyl halides is 2. The van der Waals surface area contributed by atoms with Crippen LogP contribution in [-0.4, -0.2) is 48.9 Å². The first-order valence-corrected chi connectivity index (χ1v) is 10.8. The van der Waals surface area contributed by atoms with E-state index >= 15 is 0 Å². The van der Waals surface area contributed by atoms with Gasteiger partial charge in [-0.15, -0.1) is 0 Å². The molecule has 2 aliphatic rings. The quantitative estimate of drug-likeness (QED) is 0.431. The first-order chi connectivity index (χ1) is 16.1. The Labute approximate surface area is 195 Å². The molecule has 0 aromatic heterocycles. The summed E-state index contributed by atoms with van der Waals surface area (Å²) < 4.78 is 29.5. The molecule has 0 bridgehead atoms. The molecular formula is C23H23BF2N4O4. The number of benzene rings is 2. The number of para-hydroxylation sites is 1. The molecule has 2 aliphatic heterocycles. The van der Waals surface area contributed by atoms with Gasteiger partial charge in [0.15, 0.2) is 0 Å². The molecule has 1 fully saturated rings. The van der Waals surface area contributed by atoms with E-state index in [-0.39, 0.29) is 43.4 Å². The van der Waals surface area contributed by atoms with Crippen LogP contribution in [0.3, 0.4) is 0 Å². The maximum absolute atomic E-state index is 14.8. The maximum Gasteiger partial charge on any atom is 0.351 e. The SMILES string of the molecule is BC1(N2Cc3cc(CNC(=O)C(F)(F)c4ccccc4NC)ccc3C2=O)CCC(=O)NC1=O. The zero-order valence-corrected chi connectivity index (χ0v) is 18.7. The number of carbonyl (C=O) groups is 4. The molecule has 2 heterocycles. The minimum absolute atomic E-state index is 0.130. The molecule has 0 saturated carbocycles. The Morgan fingerprint density at radius 3 is 2.65 bits per heavy atom. The van der Waals surface area contributed by atoms with Gasteiger partial charge in [0.1, 0.15) is 7.85 Å². The van der Waals surface area contributed by atoms with E-state index < -0.39 is 28.7 Å². The highest BCUT2D eigenvalue weighted by atomic mass is 19.3. The number of fused-ring (bicyclic) bond motifs is 1. The standard InChI is InChI=1S/C23H23BF2N4O4/c1-27-17-5-3-2-4-16(17)23(25,26)21(34)28-11-13-6-7-15-14(10-13)12-30(19(15)32)22(24)9-8-18(31)29-20(22)33/h2-7,10,27H,8-9,11-12,24H2,1H3,(H,28,34)(H,29,31,33). The van der Waals surface area contributed by atoms with Crippen LogP contribution in [0.2, 0.25) is 0 Å². The number of piperidine rings is 1. The number of carbonyl (C=O) groups excluding carboxylic acids is 4. The third-order valence-corrected chi connectivity index (χ3v) is 6.42. The smallest absolute Gasteiger partial charge is 0.351 e. The summed E-state index contributed by atoms with van der Waals surface area (Å²) in [6.45, 7) is -0.0242. The molecule has 1 atom stereocenters. The number of hydrogen-bond acceptors (Lipinski definition) is 5. The predicted molar refractivity (Wildman–Crippen MR) is 122 cm³/mol. The first kappa shape index (κ1) is 23.4. The Morgan fingerprint density at radius 2 is 1.94 bits per heavy atom. The van der Waals surface area contributed by atoms with Crippen LogP contribution < -0.4 is 16.0 Å². The molecule has 1 saturated heterocycles. The van der Waals surface area contributed by atoms with Crippen molar-refractivity contribution in [2.24, 2.45) is 0 Å². The van der Waals surface area contributed by atoms with Crippen LogP contribution in [-0.2, 0) is 33.4 Å². The van der Waals surface area contributed by atoms with Crippen molar-refractivity contribution in [2.45, 2.75) is 37.3 Å². The Bertz CT molecular complexity index is 1210. The number of anilines is 1. The van der Waals surface area contributed by atoms with E-state index in [9.17, 15) is 28.0 Å². The van der Waals surface area contributed by atoms with E-state index in [1.807, 2.05) is 0 Å². The number of nitrogens with one attached hydrogen (secondary N) is 3. The Kier molecular flexibility index (Phi) is 5.88. The lowest BCUT2D eigenvalue weighted by atomic mass is 9.70. The largest absolute Gasteiger partial charge is 0.388 e. The molecule has 4 rings (SSSR count). The summed E-state index contributed by atoms with van der Waals surface area (Å²) in [7, 11) is 3.11. The number of nitrogens with zero attached hydrogens (tertiary/aromatic N) is 1. The average molecular weight is 468 g/mol. The molecule has 2 aromatic carbocycles. The van der Waals surface area contributed by atoms with E-state index in [1.165, 1.54) is 30.1 Å². The summed E-state index contributed by atoms with van der Waals surface area (Å²) in [5.41, 5.74) is 0.113. The van der Waals surface area contributed by atoms with Crippen LogP contribution in [0.5, 0.6) is 0 Å². The molecule has 8 nitrogen and oxygen atoms in total. The maximum atomic E-state index is 14.8. The minimum Gasteiger partial charge on any atom is -0.388 e. The molecule has 0 spiro atoms. The third kappa shape index (κ3) is 3.91. The second-order valence-electron chi connectivity index (χ2n) is 8.59. The van der Waals surface area contributed by atoms with Gasteiger partial charge in [-0.2, -0.15) is 8.78 Å². The number of rotatable bonds is 6. The van der Waals surface area contributed by atoms with Gasteiger partial charge in [0.2, 0.25) is 11.8 Å². The van der Waals surface area contributed by atoms with Crippen LogP contribution in [0.15, 0.2) is 42.5 Å². The highest BCUT2D eigenvalue weighted by Crippen LogP contribution is 2.35.